The van der Waals surface area contributed by atoms with Crippen LogP contribution in [-0.2, 0) is 27.9 Å². The lowest BCUT2D eigenvalue weighted by Crippen LogP contribution is -2.43. The molecular formula is C32H23BrClF5N2O6S. The van der Waals surface area contributed by atoms with E-state index in [0.29, 0.717) is 10.0 Å². The van der Waals surface area contributed by atoms with Gasteiger partial charge in [-0.2, -0.15) is 4.31 Å². The Hall–Kier alpha value is -4.05. The number of amides is 1. The first-order valence-corrected chi connectivity index (χ1v) is 16.6. The number of anilines is 1. The fraction of sp³-hybridized carbons (Fsp3) is 0.188. The molecule has 16 heteroatoms. The van der Waals surface area contributed by atoms with Gasteiger partial charge >= 0.3 is 5.97 Å². The zero-order valence-corrected chi connectivity index (χ0v) is 27.5. The van der Waals surface area contributed by atoms with Crippen LogP contribution < -0.4 is 4.90 Å². The summed E-state index contributed by atoms with van der Waals surface area (Å²) in [5.74, 6) is -15.8. The number of carbonyl (C=O) groups is 2. The Morgan fingerprint density at radius 1 is 0.833 bits per heavy atom. The maximum Gasteiger partial charge on any atom is 0.339 e. The van der Waals surface area contributed by atoms with Crippen LogP contribution in [0, 0.1) is 29.1 Å². The molecule has 8 nitrogen and oxygen atoms in total. The second kappa shape index (κ2) is 13.8. The number of nitrogens with zero attached hydrogens (tertiary/aromatic N) is 2. The van der Waals surface area contributed by atoms with E-state index in [4.69, 9.17) is 11.6 Å². The number of aromatic hydroxyl groups is 1. The van der Waals surface area contributed by atoms with Gasteiger partial charge in [-0.25, -0.2) is 35.2 Å². The van der Waals surface area contributed by atoms with Gasteiger partial charge in [0, 0.05) is 27.8 Å². The van der Waals surface area contributed by atoms with E-state index in [0.717, 1.165) is 35.4 Å². The van der Waals surface area contributed by atoms with Crippen LogP contribution in [0.4, 0.5) is 27.6 Å². The molecule has 252 valence electrons. The topological polar surface area (TPSA) is 115 Å². The molecule has 0 atom stereocenters. The summed E-state index contributed by atoms with van der Waals surface area (Å²) in [6.07, 6.45) is 1.89. The number of sulfonamides is 1. The molecule has 0 unspecified atom stereocenters. The minimum absolute atomic E-state index is 0.0875. The van der Waals surface area contributed by atoms with Gasteiger partial charge in [0.25, 0.3) is 0 Å². The Bertz CT molecular complexity index is 2020. The molecule has 4 aromatic rings. The number of hydrogen-bond donors (Lipinski definition) is 2. The number of carboxylic acid groups (broad SMARTS) is 1. The number of phenols is 1. The molecule has 0 bridgehead atoms. The smallest absolute Gasteiger partial charge is 0.339 e. The van der Waals surface area contributed by atoms with Gasteiger partial charge in [0.2, 0.25) is 21.7 Å². The third-order valence-electron chi connectivity index (χ3n) is 7.54. The van der Waals surface area contributed by atoms with E-state index in [-0.39, 0.29) is 33.0 Å². The number of rotatable bonds is 11. The van der Waals surface area contributed by atoms with E-state index in [2.05, 4.69) is 15.9 Å². The lowest BCUT2D eigenvalue weighted by molar-refractivity contribution is -0.119. The third-order valence-corrected chi connectivity index (χ3v) is 10.1. The third kappa shape index (κ3) is 7.33. The van der Waals surface area contributed by atoms with E-state index < -0.39 is 80.3 Å². The molecule has 1 amide bonds. The van der Waals surface area contributed by atoms with E-state index in [1.165, 1.54) is 30.3 Å². The highest BCUT2D eigenvalue weighted by Crippen LogP contribution is 2.41. The fourth-order valence-electron chi connectivity index (χ4n) is 4.99. The van der Waals surface area contributed by atoms with Gasteiger partial charge < -0.3 is 15.1 Å². The first kappa shape index (κ1) is 35.3. The molecule has 0 aliphatic heterocycles. The van der Waals surface area contributed by atoms with Crippen molar-refractivity contribution >= 4 is 55.1 Å². The molecule has 0 saturated heterocycles. The minimum atomic E-state index is -5.64. The fourth-order valence-corrected chi connectivity index (χ4v) is 7.16. The predicted octanol–water partition coefficient (Wildman–Crippen LogP) is 7.50. The first-order chi connectivity index (χ1) is 22.6. The summed E-state index contributed by atoms with van der Waals surface area (Å²) in [4.78, 5) is 24.4. The molecular weight excluding hydrogens is 751 g/mol. The summed E-state index contributed by atoms with van der Waals surface area (Å²) < 4.78 is 100. The predicted molar refractivity (Wildman–Crippen MR) is 168 cm³/mol. The average molecular weight is 774 g/mol. The molecule has 0 spiro atoms. The number of carboxylic acids is 1. The van der Waals surface area contributed by atoms with E-state index in [1.807, 2.05) is 12.1 Å². The van der Waals surface area contributed by atoms with Crippen molar-refractivity contribution < 1.29 is 50.2 Å². The van der Waals surface area contributed by atoms with E-state index >= 15 is 0 Å². The Kier molecular flexibility index (Phi) is 10.2. The summed E-state index contributed by atoms with van der Waals surface area (Å²) in [7, 11) is -5.64. The first-order valence-electron chi connectivity index (χ1n) is 14.0. The molecule has 4 aromatic carbocycles. The van der Waals surface area contributed by atoms with E-state index in [9.17, 15) is 50.2 Å². The van der Waals surface area contributed by atoms with Crippen molar-refractivity contribution in [2.45, 2.75) is 36.7 Å². The zero-order valence-electron chi connectivity index (χ0n) is 24.4. The van der Waals surface area contributed by atoms with Gasteiger partial charge in [-0.1, -0.05) is 45.7 Å². The molecule has 48 heavy (non-hydrogen) atoms. The quantitative estimate of drug-likeness (QED) is 0.0927. The molecule has 0 aromatic heterocycles. The van der Waals surface area contributed by atoms with Crippen LogP contribution in [0.3, 0.4) is 0 Å². The highest BCUT2D eigenvalue weighted by atomic mass is 79.9. The highest BCUT2D eigenvalue weighted by molar-refractivity contribution is 9.10. The van der Waals surface area contributed by atoms with Gasteiger partial charge in [-0.15, -0.1) is 0 Å². The molecule has 2 N–H and O–H groups in total. The summed E-state index contributed by atoms with van der Waals surface area (Å²) in [5.41, 5.74) is 1.04. The molecule has 1 fully saturated rings. The van der Waals surface area contributed by atoms with Crippen LogP contribution >= 0.6 is 27.5 Å². The summed E-state index contributed by atoms with van der Waals surface area (Å²) >= 11 is 9.34. The van der Waals surface area contributed by atoms with Gasteiger partial charge in [0.1, 0.15) is 11.3 Å². The molecule has 5 rings (SSSR count). The van der Waals surface area contributed by atoms with Crippen LogP contribution in [0.15, 0.2) is 70.0 Å². The standard InChI is InChI=1S/C32H23BrClF5N2O6S/c33-20-10-17(9-19(11-20)18-3-4-18)14-41(22-7-8-23(32(44)45)24(42)12-22)25(43)15-40(13-16-1-5-21(34)6-2-16)48(46,47)31-29(38)27(36)26(35)28(37)30(31)39/h1-2,5-12,18,42H,3-4,13-15H2,(H,44,45). The maximum atomic E-state index is 14.9. The molecule has 1 aliphatic rings. The normalized spacial score (nSPS) is 13.2. The van der Waals surface area contributed by atoms with Gasteiger partial charge in [-0.05, 0) is 71.8 Å². The molecule has 1 saturated carbocycles. The van der Waals surface area contributed by atoms with Crippen molar-refractivity contribution in [3.63, 3.8) is 0 Å². The second-order valence-corrected chi connectivity index (χ2v) is 14.2. The Morgan fingerprint density at radius 3 is 2.00 bits per heavy atom. The van der Waals surface area contributed by atoms with E-state index in [1.54, 1.807) is 6.07 Å². The van der Waals surface area contributed by atoms with Crippen molar-refractivity contribution in [2.24, 2.45) is 0 Å². The summed E-state index contributed by atoms with van der Waals surface area (Å²) in [5, 5.41) is 20.0. The number of benzene rings is 4. The van der Waals surface area contributed by atoms with Crippen molar-refractivity contribution in [1.82, 2.24) is 4.31 Å². The Balaban J connectivity index is 1.61. The van der Waals surface area contributed by atoms with Crippen LogP contribution in [0.25, 0.3) is 0 Å². The Labute approximate surface area is 284 Å². The minimum Gasteiger partial charge on any atom is -0.507 e. The highest BCUT2D eigenvalue weighted by Gasteiger charge is 2.39. The maximum absolute atomic E-state index is 14.9. The van der Waals surface area contributed by atoms with Crippen LogP contribution in [-0.4, -0.2) is 41.4 Å². The number of carbonyl (C=O) groups excluding carboxylic acids is 1. The van der Waals surface area contributed by atoms with Crippen LogP contribution in [0.1, 0.15) is 45.8 Å². The summed E-state index contributed by atoms with van der Waals surface area (Å²) in [6.45, 7) is -2.24. The second-order valence-electron chi connectivity index (χ2n) is 11.0. The van der Waals surface area contributed by atoms with Crippen molar-refractivity contribution in [3.05, 3.63) is 121 Å². The number of aromatic carboxylic acids is 1. The van der Waals surface area contributed by atoms with Crippen molar-refractivity contribution in [3.8, 4) is 5.75 Å². The lowest BCUT2D eigenvalue weighted by Gasteiger charge is -2.28. The SMILES string of the molecule is O=C(O)c1ccc(N(Cc2cc(Br)cc(C3CC3)c2)C(=O)CN(Cc2ccc(Cl)cc2)S(=O)(=O)c2c(F)c(F)c(F)c(F)c2F)cc1O. The monoisotopic (exact) mass is 772 g/mol. The average Bonchev–Trinajstić information content (AvgIpc) is 3.88. The summed E-state index contributed by atoms with van der Waals surface area (Å²) in [6, 6.07) is 13.9. The molecule has 0 radical (unpaired) electrons. The van der Waals surface area contributed by atoms with Gasteiger partial charge in [0.15, 0.2) is 28.2 Å². The molecule has 0 heterocycles. The van der Waals surface area contributed by atoms with Crippen molar-refractivity contribution in [2.75, 3.05) is 11.4 Å². The number of hydrogen-bond acceptors (Lipinski definition) is 5. The largest absolute Gasteiger partial charge is 0.507 e. The zero-order chi connectivity index (χ0) is 35.1. The number of halogens is 7. The van der Waals surface area contributed by atoms with Gasteiger partial charge in [0.05, 0.1) is 13.1 Å². The lowest BCUT2D eigenvalue weighted by atomic mass is 10.1. The van der Waals surface area contributed by atoms with Crippen LogP contribution in [0.2, 0.25) is 5.02 Å². The van der Waals surface area contributed by atoms with Crippen LogP contribution in [0.5, 0.6) is 5.75 Å². The Morgan fingerprint density at radius 2 is 1.44 bits per heavy atom. The van der Waals surface area contributed by atoms with Crippen molar-refractivity contribution in [1.29, 1.82) is 0 Å². The molecule has 1 aliphatic carbocycles. The van der Waals surface area contributed by atoms with Gasteiger partial charge in [-0.3, -0.25) is 4.79 Å².